The van der Waals surface area contributed by atoms with Crippen LogP contribution in [0.4, 0.5) is 17.1 Å². The zero-order chi connectivity index (χ0) is 41.7. The summed E-state index contributed by atoms with van der Waals surface area (Å²) in [5.41, 5.74) is 14.1. The molecule has 0 unspecified atom stereocenters. The Balaban J connectivity index is 1.08. The molecule has 11 aromatic rings. The van der Waals surface area contributed by atoms with Crippen LogP contribution in [0.1, 0.15) is 22.3 Å². The van der Waals surface area contributed by atoms with Gasteiger partial charge in [-0.15, -0.1) is 0 Å². The second-order valence-corrected chi connectivity index (χ2v) is 15.9. The molecule has 296 valence electrons. The van der Waals surface area contributed by atoms with Gasteiger partial charge in [-0.05, 0) is 64.2 Å². The first-order valence-corrected chi connectivity index (χ1v) is 21.3. The predicted molar refractivity (Wildman–Crippen MR) is 255 cm³/mol. The van der Waals surface area contributed by atoms with Crippen molar-refractivity contribution >= 4 is 39.0 Å². The molecule has 63 heavy (non-hydrogen) atoms. The lowest BCUT2D eigenvalue weighted by atomic mass is 9.67. The highest BCUT2D eigenvalue weighted by Crippen LogP contribution is 2.60. The van der Waals surface area contributed by atoms with Gasteiger partial charge in [0.2, 0.25) is 0 Å². The maximum absolute atomic E-state index is 6.83. The lowest BCUT2D eigenvalue weighted by Crippen LogP contribution is -2.30. The minimum absolute atomic E-state index is 0.587. The Kier molecular flexibility index (Phi) is 8.64. The van der Waals surface area contributed by atoms with E-state index in [-0.39, 0.29) is 0 Å². The molecule has 2 heterocycles. The number of para-hydroxylation sites is 1. The van der Waals surface area contributed by atoms with Gasteiger partial charge in [0.25, 0.3) is 0 Å². The summed E-state index contributed by atoms with van der Waals surface area (Å²) in [6.07, 6.45) is 0. The van der Waals surface area contributed by atoms with Gasteiger partial charge >= 0.3 is 0 Å². The summed E-state index contributed by atoms with van der Waals surface area (Å²) in [4.78, 5) is 17.6. The van der Waals surface area contributed by atoms with Crippen molar-refractivity contribution in [2.24, 2.45) is 0 Å². The van der Waals surface area contributed by atoms with E-state index >= 15 is 0 Å². The molecule has 0 fully saturated rings. The van der Waals surface area contributed by atoms with Crippen molar-refractivity contribution in [1.82, 2.24) is 15.0 Å². The Morgan fingerprint density at radius 1 is 0.381 bits per heavy atom. The molecule has 9 aromatic carbocycles. The van der Waals surface area contributed by atoms with E-state index in [9.17, 15) is 0 Å². The Bertz CT molecular complexity index is 3350. The van der Waals surface area contributed by atoms with Crippen LogP contribution in [0.15, 0.2) is 235 Å². The van der Waals surface area contributed by atoms with E-state index < -0.39 is 5.41 Å². The second kappa shape index (κ2) is 14.9. The van der Waals surface area contributed by atoms with E-state index in [1.54, 1.807) is 0 Å². The van der Waals surface area contributed by atoms with Crippen LogP contribution in [-0.4, -0.2) is 15.0 Å². The summed E-state index contributed by atoms with van der Waals surface area (Å²) >= 11 is 0. The van der Waals surface area contributed by atoms with Crippen molar-refractivity contribution in [2.75, 3.05) is 4.90 Å². The molecule has 1 aliphatic rings. The molecule has 0 atom stereocenters. The molecule has 0 saturated carbocycles. The van der Waals surface area contributed by atoms with Crippen LogP contribution in [0.2, 0.25) is 0 Å². The number of benzene rings is 9. The molecule has 0 amide bonds. The van der Waals surface area contributed by atoms with E-state index in [2.05, 4.69) is 163 Å². The zero-order valence-electron chi connectivity index (χ0n) is 34.1. The maximum atomic E-state index is 6.83. The molecule has 0 saturated heterocycles. The highest BCUT2D eigenvalue weighted by atomic mass is 16.3. The van der Waals surface area contributed by atoms with Crippen molar-refractivity contribution in [3.63, 3.8) is 0 Å². The summed E-state index contributed by atoms with van der Waals surface area (Å²) in [6.45, 7) is 0. The summed E-state index contributed by atoms with van der Waals surface area (Å²) in [5, 5.41) is 1.94. The molecular formula is C58H38N4O. The summed E-state index contributed by atoms with van der Waals surface area (Å²) in [5.74, 6) is 1.82. The first kappa shape index (κ1) is 36.4. The SMILES string of the molecule is c1ccc(-c2nc(-c3ccccc3)nc(-c3cccc4oc5cc(N(c6ccccc6)c6cccc7c6C(c6ccccc6)(c6ccccc6)c6ccccc6-7)ccc5c34)n2)cc1. The second-order valence-electron chi connectivity index (χ2n) is 15.9. The number of aromatic nitrogens is 3. The van der Waals surface area contributed by atoms with Crippen LogP contribution in [0, 0.1) is 0 Å². The van der Waals surface area contributed by atoms with Gasteiger partial charge in [0, 0.05) is 50.5 Å². The van der Waals surface area contributed by atoms with E-state index in [0.29, 0.717) is 17.5 Å². The van der Waals surface area contributed by atoms with Crippen LogP contribution in [-0.2, 0) is 5.41 Å². The van der Waals surface area contributed by atoms with E-state index in [4.69, 9.17) is 19.4 Å². The lowest BCUT2D eigenvalue weighted by molar-refractivity contribution is 0.669. The standard InChI is InChI=1S/C58H38N4O/c1-6-20-39(21-7-1)55-59-56(40-22-8-2-9-23-40)61-57(60-55)48-32-19-35-51-53(48)47-37-36-44(38-52(47)63-51)62(43-28-14-5-15-29-43)50-34-18-31-46-45-30-16-17-33-49(45)58(54(46)50,41-24-10-3-11-25-41)42-26-12-4-13-27-42/h1-38H. The molecule has 2 aromatic heterocycles. The number of hydrogen-bond acceptors (Lipinski definition) is 5. The first-order chi connectivity index (χ1) is 31.3. The minimum Gasteiger partial charge on any atom is -0.456 e. The third-order valence-corrected chi connectivity index (χ3v) is 12.4. The van der Waals surface area contributed by atoms with E-state index in [0.717, 1.165) is 55.7 Å². The lowest BCUT2D eigenvalue weighted by Gasteiger charge is -2.37. The third-order valence-electron chi connectivity index (χ3n) is 12.4. The van der Waals surface area contributed by atoms with Crippen LogP contribution in [0.25, 0.3) is 67.2 Å². The fraction of sp³-hybridized carbons (Fsp3) is 0.0172. The van der Waals surface area contributed by atoms with Gasteiger partial charge in [-0.1, -0.05) is 188 Å². The van der Waals surface area contributed by atoms with E-state index in [1.165, 1.54) is 33.4 Å². The normalized spacial score (nSPS) is 12.6. The number of nitrogens with zero attached hydrogens (tertiary/aromatic N) is 4. The van der Waals surface area contributed by atoms with Crippen LogP contribution >= 0.6 is 0 Å². The smallest absolute Gasteiger partial charge is 0.164 e. The average Bonchev–Trinajstić information content (AvgIpc) is 3.89. The van der Waals surface area contributed by atoms with E-state index in [1.807, 2.05) is 72.8 Å². The minimum atomic E-state index is -0.599. The molecule has 0 spiro atoms. The van der Waals surface area contributed by atoms with Gasteiger partial charge in [-0.3, -0.25) is 0 Å². The molecule has 0 radical (unpaired) electrons. The number of furan rings is 1. The van der Waals surface area contributed by atoms with Crippen LogP contribution in [0.3, 0.4) is 0 Å². The molecular weight excluding hydrogens is 769 g/mol. The highest BCUT2D eigenvalue weighted by Gasteiger charge is 2.48. The summed E-state index contributed by atoms with van der Waals surface area (Å²) in [7, 11) is 0. The fourth-order valence-electron chi connectivity index (χ4n) is 9.74. The molecule has 1 aliphatic carbocycles. The highest BCUT2D eigenvalue weighted by molar-refractivity contribution is 6.12. The van der Waals surface area contributed by atoms with Gasteiger partial charge in [-0.25, -0.2) is 15.0 Å². The Morgan fingerprint density at radius 3 is 1.56 bits per heavy atom. The molecule has 12 rings (SSSR count). The van der Waals surface area contributed by atoms with Crippen LogP contribution < -0.4 is 4.90 Å². The zero-order valence-corrected chi connectivity index (χ0v) is 34.1. The van der Waals surface area contributed by atoms with Gasteiger partial charge in [0.05, 0.1) is 11.1 Å². The molecule has 5 nitrogen and oxygen atoms in total. The Labute approximate surface area is 365 Å². The summed E-state index contributed by atoms with van der Waals surface area (Å²) in [6, 6.07) is 81.1. The van der Waals surface area contributed by atoms with Gasteiger partial charge in [0.1, 0.15) is 11.2 Å². The number of anilines is 3. The van der Waals surface area contributed by atoms with Gasteiger partial charge < -0.3 is 9.32 Å². The number of rotatable bonds is 8. The fourth-order valence-corrected chi connectivity index (χ4v) is 9.74. The Morgan fingerprint density at radius 2 is 0.905 bits per heavy atom. The van der Waals surface area contributed by atoms with Crippen molar-refractivity contribution < 1.29 is 4.42 Å². The molecule has 0 aliphatic heterocycles. The average molecular weight is 807 g/mol. The topological polar surface area (TPSA) is 55.1 Å². The first-order valence-electron chi connectivity index (χ1n) is 21.3. The van der Waals surface area contributed by atoms with Crippen molar-refractivity contribution in [3.05, 3.63) is 253 Å². The quantitative estimate of drug-likeness (QED) is 0.153. The van der Waals surface area contributed by atoms with Gasteiger partial charge in [0.15, 0.2) is 17.5 Å². The van der Waals surface area contributed by atoms with Crippen molar-refractivity contribution in [1.29, 1.82) is 0 Å². The monoisotopic (exact) mass is 806 g/mol. The Hall–Kier alpha value is -8.41. The van der Waals surface area contributed by atoms with Crippen molar-refractivity contribution in [2.45, 2.75) is 5.41 Å². The molecule has 0 N–H and O–H groups in total. The number of fused-ring (bicyclic) bond motifs is 6. The van der Waals surface area contributed by atoms with Gasteiger partial charge in [-0.2, -0.15) is 0 Å². The third kappa shape index (κ3) is 5.89. The summed E-state index contributed by atoms with van der Waals surface area (Å²) < 4.78 is 6.83. The molecule has 5 heteroatoms. The largest absolute Gasteiger partial charge is 0.456 e. The van der Waals surface area contributed by atoms with Crippen LogP contribution in [0.5, 0.6) is 0 Å². The van der Waals surface area contributed by atoms with Crippen molar-refractivity contribution in [3.8, 4) is 45.3 Å². The maximum Gasteiger partial charge on any atom is 0.164 e. The number of hydrogen-bond donors (Lipinski definition) is 0. The predicted octanol–water partition coefficient (Wildman–Crippen LogP) is 14.6. The molecule has 0 bridgehead atoms.